The molecule has 1 N–H and O–H groups in total. The fourth-order valence-electron chi connectivity index (χ4n) is 1.94. The van der Waals surface area contributed by atoms with Crippen molar-refractivity contribution in [1.82, 2.24) is 10.3 Å². The van der Waals surface area contributed by atoms with Crippen LogP contribution in [0, 0.1) is 12.8 Å². The van der Waals surface area contributed by atoms with Gasteiger partial charge in [0.1, 0.15) is 0 Å². The molecule has 2 heterocycles. The van der Waals surface area contributed by atoms with E-state index in [4.69, 9.17) is 0 Å². The Morgan fingerprint density at radius 2 is 2.56 bits per heavy atom. The van der Waals surface area contributed by atoms with Gasteiger partial charge in [-0.05, 0) is 26.8 Å². The summed E-state index contributed by atoms with van der Waals surface area (Å²) >= 11 is 1.54. The maximum Gasteiger partial charge on any atom is 0.233 e. The van der Waals surface area contributed by atoms with Gasteiger partial charge in [-0.3, -0.25) is 9.69 Å². The van der Waals surface area contributed by atoms with Crippen molar-refractivity contribution in [3.05, 3.63) is 11.1 Å². The van der Waals surface area contributed by atoms with Gasteiger partial charge in [0.2, 0.25) is 5.91 Å². The lowest BCUT2D eigenvalue weighted by Crippen LogP contribution is -2.37. The number of thiazole rings is 1. The van der Waals surface area contributed by atoms with Gasteiger partial charge in [0.15, 0.2) is 5.13 Å². The molecular weight excluding hydrogens is 222 g/mol. The molecule has 1 saturated heterocycles. The summed E-state index contributed by atoms with van der Waals surface area (Å²) in [6.45, 7) is 6.40. The van der Waals surface area contributed by atoms with E-state index in [9.17, 15) is 4.79 Å². The lowest BCUT2D eigenvalue weighted by atomic mass is 10.1. The predicted octanol–water partition coefficient (Wildman–Crippen LogP) is 1.41. The molecule has 1 aliphatic heterocycles. The van der Waals surface area contributed by atoms with Crippen LogP contribution >= 0.6 is 11.3 Å². The van der Waals surface area contributed by atoms with Crippen LogP contribution in [-0.2, 0) is 4.79 Å². The SMILES string of the molecule is CCN(C(=O)C1CCNC1)c1nc(C)cs1. The summed E-state index contributed by atoms with van der Waals surface area (Å²) in [5.74, 6) is 0.339. The van der Waals surface area contributed by atoms with Crippen LogP contribution in [0.4, 0.5) is 5.13 Å². The molecule has 0 radical (unpaired) electrons. The molecule has 0 spiro atoms. The summed E-state index contributed by atoms with van der Waals surface area (Å²) < 4.78 is 0. The van der Waals surface area contributed by atoms with Crippen molar-refractivity contribution in [2.75, 3.05) is 24.5 Å². The molecule has 0 aliphatic carbocycles. The number of carbonyl (C=O) groups excluding carboxylic acids is 1. The lowest BCUT2D eigenvalue weighted by molar-refractivity contribution is -0.121. The number of nitrogens with zero attached hydrogens (tertiary/aromatic N) is 2. The minimum Gasteiger partial charge on any atom is -0.316 e. The van der Waals surface area contributed by atoms with Crippen LogP contribution in [-0.4, -0.2) is 30.5 Å². The van der Waals surface area contributed by atoms with Gasteiger partial charge in [-0.1, -0.05) is 0 Å². The van der Waals surface area contributed by atoms with Gasteiger partial charge < -0.3 is 5.32 Å². The number of nitrogens with one attached hydrogen (secondary N) is 1. The number of aromatic nitrogens is 1. The Hall–Kier alpha value is -0.940. The molecule has 1 atom stereocenters. The molecule has 2 rings (SSSR count). The van der Waals surface area contributed by atoms with E-state index in [-0.39, 0.29) is 11.8 Å². The number of amides is 1. The molecule has 1 aromatic heterocycles. The van der Waals surface area contributed by atoms with Crippen LogP contribution in [0.15, 0.2) is 5.38 Å². The predicted molar refractivity (Wildman–Crippen MR) is 65.9 cm³/mol. The first-order valence-electron chi connectivity index (χ1n) is 5.66. The van der Waals surface area contributed by atoms with Crippen LogP contribution in [0.2, 0.25) is 0 Å². The van der Waals surface area contributed by atoms with Gasteiger partial charge in [-0.15, -0.1) is 11.3 Å². The highest BCUT2D eigenvalue weighted by molar-refractivity contribution is 7.14. The van der Waals surface area contributed by atoms with Gasteiger partial charge in [-0.2, -0.15) is 0 Å². The van der Waals surface area contributed by atoms with Gasteiger partial charge in [0.05, 0.1) is 11.6 Å². The zero-order valence-corrected chi connectivity index (χ0v) is 10.5. The molecule has 88 valence electrons. The normalized spacial score (nSPS) is 20.0. The number of hydrogen-bond donors (Lipinski definition) is 1. The third-order valence-electron chi connectivity index (χ3n) is 2.83. The highest BCUT2D eigenvalue weighted by Crippen LogP contribution is 2.23. The summed E-state index contributed by atoms with van der Waals surface area (Å²) in [5, 5.41) is 6.04. The summed E-state index contributed by atoms with van der Waals surface area (Å²) in [4.78, 5) is 18.4. The van der Waals surface area contributed by atoms with Gasteiger partial charge in [-0.25, -0.2) is 4.98 Å². The van der Waals surface area contributed by atoms with E-state index in [1.807, 2.05) is 19.2 Å². The number of rotatable bonds is 3. The third-order valence-corrected chi connectivity index (χ3v) is 3.81. The van der Waals surface area contributed by atoms with E-state index in [0.29, 0.717) is 6.54 Å². The average Bonchev–Trinajstić information content (AvgIpc) is 2.90. The van der Waals surface area contributed by atoms with Crippen molar-refractivity contribution >= 4 is 22.4 Å². The Balaban J connectivity index is 2.12. The number of anilines is 1. The van der Waals surface area contributed by atoms with E-state index in [0.717, 1.165) is 30.3 Å². The molecular formula is C11H17N3OS. The Kier molecular flexibility index (Phi) is 3.56. The lowest BCUT2D eigenvalue weighted by Gasteiger charge is -2.20. The Labute approximate surface area is 99.7 Å². The van der Waals surface area contributed by atoms with Crippen LogP contribution in [0.25, 0.3) is 0 Å². The molecule has 0 bridgehead atoms. The minimum absolute atomic E-state index is 0.129. The smallest absolute Gasteiger partial charge is 0.233 e. The standard InChI is InChI=1S/C11H17N3OS/c1-3-14(11-13-8(2)7-16-11)10(15)9-4-5-12-6-9/h7,9,12H,3-6H2,1-2H3. The Morgan fingerprint density at radius 3 is 3.06 bits per heavy atom. The number of hydrogen-bond acceptors (Lipinski definition) is 4. The second-order valence-electron chi connectivity index (χ2n) is 4.04. The Morgan fingerprint density at radius 1 is 1.75 bits per heavy atom. The quantitative estimate of drug-likeness (QED) is 0.867. The Bertz CT molecular complexity index is 371. The highest BCUT2D eigenvalue weighted by atomic mass is 32.1. The maximum atomic E-state index is 12.2. The number of carbonyl (C=O) groups is 1. The summed E-state index contributed by atoms with van der Waals surface area (Å²) in [6.07, 6.45) is 0.944. The first-order chi connectivity index (χ1) is 7.72. The fraction of sp³-hybridized carbons (Fsp3) is 0.636. The molecule has 4 nitrogen and oxygen atoms in total. The van der Waals surface area contributed by atoms with Crippen molar-refractivity contribution in [3.8, 4) is 0 Å². The zero-order chi connectivity index (χ0) is 11.5. The largest absolute Gasteiger partial charge is 0.316 e. The molecule has 1 fully saturated rings. The first-order valence-corrected chi connectivity index (χ1v) is 6.54. The van der Waals surface area contributed by atoms with Crippen molar-refractivity contribution in [3.63, 3.8) is 0 Å². The van der Waals surface area contributed by atoms with Crippen molar-refractivity contribution in [1.29, 1.82) is 0 Å². The van der Waals surface area contributed by atoms with Gasteiger partial charge >= 0.3 is 0 Å². The molecule has 0 saturated carbocycles. The molecule has 1 aromatic rings. The molecule has 0 aromatic carbocycles. The van der Waals surface area contributed by atoms with E-state index >= 15 is 0 Å². The minimum atomic E-state index is 0.129. The van der Waals surface area contributed by atoms with Crippen molar-refractivity contribution in [2.24, 2.45) is 5.92 Å². The molecule has 16 heavy (non-hydrogen) atoms. The summed E-state index contributed by atoms with van der Waals surface area (Å²) in [7, 11) is 0. The summed E-state index contributed by atoms with van der Waals surface area (Å²) in [6, 6.07) is 0. The van der Waals surface area contributed by atoms with Gasteiger partial charge in [0, 0.05) is 18.5 Å². The van der Waals surface area contributed by atoms with Gasteiger partial charge in [0.25, 0.3) is 0 Å². The van der Waals surface area contributed by atoms with E-state index < -0.39 is 0 Å². The maximum absolute atomic E-state index is 12.2. The van der Waals surface area contributed by atoms with Crippen LogP contribution in [0.5, 0.6) is 0 Å². The monoisotopic (exact) mass is 239 g/mol. The second kappa shape index (κ2) is 4.93. The zero-order valence-electron chi connectivity index (χ0n) is 9.69. The molecule has 1 unspecified atom stereocenters. The van der Waals surface area contributed by atoms with Crippen molar-refractivity contribution in [2.45, 2.75) is 20.3 Å². The number of aryl methyl sites for hydroxylation is 1. The van der Waals surface area contributed by atoms with Crippen LogP contribution < -0.4 is 10.2 Å². The summed E-state index contributed by atoms with van der Waals surface area (Å²) in [5.41, 5.74) is 0.982. The molecule has 1 amide bonds. The van der Waals surface area contributed by atoms with Crippen LogP contribution in [0.3, 0.4) is 0 Å². The molecule has 5 heteroatoms. The average molecular weight is 239 g/mol. The van der Waals surface area contributed by atoms with E-state index in [1.54, 1.807) is 16.2 Å². The van der Waals surface area contributed by atoms with Crippen LogP contribution in [0.1, 0.15) is 19.0 Å². The first kappa shape index (κ1) is 11.5. The second-order valence-corrected chi connectivity index (χ2v) is 4.88. The topological polar surface area (TPSA) is 45.2 Å². The fourth-order valence-corrected chi connectivity index (χ4v) is 2.81. The third kappa shape index (κ3) is 2.25. The van der Waals surface area contributed by atoms with E-state index in [2.05, 4.69) is 10.3 Å². The molecule has 1 aliphatic rings. The van der Waals surface area contributed by atoms with Crippen molar-refractivity contribution < 1.29 is 4.79 Å². The van der Waals surface area contributed by atoms with E-state index in [1.165, 1.54) is 0 Å². The highest BCUT2D eigenvalue weighted by Gasteiger charge is 2.28.